The molecule has 1 fully saturated rings. The number of aromatic nitrogens is 1. The molecule has 0 bridgehead atoms. The third-order valence-corrected chi connectivity index (χ3v) is 4.24. The number of carbonyl (C=O) groups excluding carboxylic acids is 1. The lowest BCUT2D eigenvalue weighted by Crippen LogP contribution is -2.43. The van der Waals surface area contributed by atoms with Crippen molar-refractivity contribution in [3.05, 3.63) is 53.5 Å². The van der Waals surface area contributed by atoms with E-state index in [1.54, 1.807) is 18.3 Å². The van der Waals surface area contributed by atoms with Gasteiger partial charge in [0.15, 0.2) is 6.10 Å². The Hall–Kier alpha value is -2.21. The van der Waals surface area contributed by atoms with Crippen molar-refractivity contribution in [2.24, 2.45) is 5.41 Å². The second-order valence-electron chi connectivity index (χ2n) is 7.90. The maximum atomic E-state index is 13.0. The Morgan fingerprint density at radius 2 is 2.04 bits per heavy atom. The number of amides is 1. The monoisotopic (exact) mass is 360 g/mol. The minimum Gasteiger partial charge on any atom is -0.442 e. The summed E-state index contributed by atoms with van der Waals surface area (Å²) in [4.78, 5) is 18.6. The highest BCUT2D eigenvalue weighted by molar-refractivity contribution is 5.77. The lowest BCUT2D eigenvalue weighted by Gasteiger charge is -2.33. The summed E-state index contributed by atoms with van der Waals surface area (Å²) in [5.41, 5.74) is 0.900. The van der Waals surface area contributed by atoms with E-state index >= 15 is 0 Å². The molecule has 0 saturated carbocycles. The van der Waals surface area contributed by atoms with Crippen molar-refractivity contribution in [2.45, 2.75) is 39.7 Å². The molecule has 1 saturated heterocycles. The Morgan fingerprint density at radius 3 is 2.73 bits per heavy atom. The van der Waals surface area contributed by atoms with Gasteiger partial charge in [0, 0.05) is 19.4 Å². The fraction of sp³-hybridized carbons (Fsp3) is 0.500. The zero-order chi connectivity index (χ0) is 18.7. The topological polar surface area (TPSA) is 55.6 Å². The van der Waals surface area contributed by atoms with Gasteiger partial charge in [-0.3, -0.25) is 4.79 Å². The van der Waals surface area contributed by atoms with Gasteiger partial charge in [-0.2, -0.15) is 0 Å². The van der Waals surface area contributed by atoms with E-state index in [0.29, 0.717) is 44.2 Å². The standard InChI is InChI=1S/C20H25FN2O3/c1-20(2,3)11-18(24)23-8-9-25-17(13-23)19-22-12-16(26-19)10-14-4-6-15(21)7-5-14/h4-7,12,17H,8-11,13H2,1-3H3/t17-/m0/s1. The predicted molar refractivity (Wildman–Crippen MR) is 95.1 cm³/mol. The van der Waals surface area contributed by atoms with Crippen LogP contribution in [0.15, 0.2) is 34.9 Å². The summed E-state index contributed by atoms with van der Waals surface area (Å²) in [5.74, 6) is 1.04. The summed E-state index contributed by atoms with van der Waals surface area (Å²) < 4.78 is 24.6. The van der Waals surface area contributed by atoms with Crippen molar-refractivity contribution in [2.75, 3.05) is 19.7 Å². The molecule has 1 amide bonds. The fourth-order valence-electron chi connectivity index (χ4n) is 2.95. The zero-order valence-electron chi connectivity index (χ0n) is 15.5. The van der Waals surface area contributed by atoms with Crippen LogP contribution < -0.4 is 0 Å². The first-order valence-corrected chi connectivity index (χ1v) is 8.88. The van der Waals surface area contributed by atoms with Crippen LogP contribution >= 0.6 is 0 Å². The van der Waals surface area contributed by atoms with Gasteiger partial charge in [0.2, 0.25) is 11.8 Å². The molecule has 1 aromatic carbocycles. The van der Waals surface area contributed by atoms with Crippen LogP contribution in [0.5, 0.6) is 0 Å². The average molecular weight is 360 g/mol. The molecule has 5 nitrogen and oxygen atoms in total. The van der Waals surface area contributed by atoms with E-state index in [0.717, 1.165) is 5.56 Å². The molecule has 2 heterocycles. The number of rotatable bonds is 4. The van der Waals surface area contributed by atoms with E-state index < -0.39 is 0 Å². The van der Waals surface area contributed by atoms with E-state index in [1.165, 1.54) is 12.1 Å². The number of ether oxygens (including phenoxy) is 1. The van der Waals surface area contributed by atoms with Crippen molar-refractivity contribution < 1.29 is 18.3 Å². The van der Waals surface area contributed by atoms with E-state index in [2.05, 4.69) is 25.8 Å². The number of nitrogens with zero attached hydrogens (tertiary/aromatic N) is 2. The molecular weight excluding hydrogens is 335 g/mol. The first-order valence-electron chi connectivity index (χ1n) is 8.88. The van der Waals surface area contributed by atoms with E-state index in [1.807, 2.05) is 4.90 Å². The summed E-state index contributed by atoms with van der Waals surface area (Å²) in [6.45, 7) is 7.67. The van der Waals surface area contributed by atoms with Gasteiger partial charge in [-0.25, -0.2) is 9.37 Å². The van der Waals surface area contributed by atoms with Crippen molar-refractivity contribution >= 4 is 5.91 Å². The van der Waals surface area contributed by atoms with Gasteiger partial charge in [0.05, 0.1) is 19.3 Å². The van der Waals surface area contributed by atoms with E-state index in [-0.39, 0.29) is 23.2 Å². The Morgan fingerprint density at radius 1 is 1.31 bits per heavy atom. The van der Waals surface area contributed by atoms with Crippen molar-refractivity contribution in [1.82, 2.24) is 9.88 Å². The molecule has 1 aliphatic rings. The van der Waals surface area contributed by atoms with Crippen molar-refractivity contribution in [3.63, 3.8) is 0 Å². The normalized spacial score (nSPS) is 18.2. The third kappa shape index (κ3) is 4.91. The highest BCUT2D eigenvalue weighted by Gasteiger charge is 2.30. The molecular formula is C20H25FN2O3. The molecule has 1 aliphatic heterocycles. The maximum Gasteiger partial charge on any atom is 0.225 e. The molecule has 140 valence electrons. The minimum atomic E-state index is -0.352. The Balaban J connectivity index is 1.63. The molecule has 26 heavy (non-hydrogen) atoms. The molecule has 0 aliphatic carbocycles. The van der Waals surface area contributed by atoms with Crippen molar-refractivity contribution in [3.8, 4) is 0 Å². The molecule has 1 aromatic heterocycles. The summed E-state index contributed by atoms with van der Waals surface area (Å²) in [6, 6.07) is 6.30. The molecule has 6 heteroatoms. The average Bonchev–Trinajstić information content (AvgIpc) is 3.04. The van der Waals surface area contributed by atoms with Crippen molar-refractivity contribution in [1.29, 1.82) is 0 Å². The lowest BCUT2D eigenvalue weighted by atomic mass is 9.91. The van der Waals surface area contributed by atoms with E-state index in [4.69, 9.17) is 9.15 Å². The smallest absolute Gasteiger partial charge is 0.225 e. The number of halogens is 1. The second-order valence-corrected chi connectivity index (χ2v) is 7.90. The van der Waals surface area contributed by atoms with Gasteiger partial charge in [-0.1, -0.05) is 32.9 Å². The number of hydrogen-bond acceptors (Lipinski definition) is 4. The number of carbonyl (C=O) groups is 1. The van der Waals surface area contributed by atoms with Crippen LogP contribution in [-0.4, -0.2) is 35.5 Å². The Bertz CT molecular complexity index is 749. The van der Waals surface area contributed by atoms with Crippen LogP contribution in [0.25, 0.3) is 0 Å². The van der Waals surface area contributed by atoms with Gasteiger partial charge >= 0.3 is 0 Å². The molecule has 1 atom stereocenters. The highest BCUT2D eigenvalue weighted by Crippen LogP contribution is 2.26. The zero-order valence-corrected chi connectivity index (χ0v) is 15.5. The summed E-state index contributed by atoms with van der Waals surface area (Å²) in [6.07, 6.45) is 2.35. The SMILES string of the molecule is CC(C)(C)CC(=O)N1CCO[C@H](c2ncc(Cc3ccc(F)cc3)o2)C1. The minimum absolute atomic E-state index is 0.0455. The van der Waals surface area contributed by atoms with Crippen LogP contribution in [0.4, 0.5) is 4.39 Å². The lowest BCUT2D eigenvalue weighted by molar-refractivity contribution is -0.141. The van der Waals surface area contributed by atoms with Gasteiger partial charge < -0.3 is 14.1 Å². The van der Waals surface area contributed by atoms with Gasteiger partial charge in [0.25, 0.3) is 0 Å². The summed E-state index contributed by atoms with van der Waals surface area (Å²) >= 11 is 0. The maximum absolute atomic E-state index is 13.0. The van der Waals surface area contributed by atoms with E-state index in [9.17, 15) is 9.18 Å². The van der Waals surface area contributed by atoms with Crippen LogP contribution in [0.2, 0.25) is 0 Å². The number of morpholine rings is 1. The fourth-order valence-corrected chi connectivity index (χ4v) is 2.95. The molecule has 0 N–H and O–H groups in total. The van der Waals surface area contributed by atoms with Gasteiger partial charge in [0.1, 0.15) is 11.6 Å². The molecule has 0 unspecified atom stereocenters. The number of oxazole rings is 1. The third-order valence-electron chi connectivity index (χ3n) is 4.24. The first kappa shape index (κ1) is 18.6. The molecule has 0 spiro atoms. The number of hydrogen-bond donors (Lipinski definition) is 0. The number of benzene rings is 1. The quantitative estimate of drug-likeness (QED) is 0.833. The van der Waals surface area contributed by atoms with Gasteiger partial charge in [-0.15, -0.1) is 0 Å². The van der Waals surface area contributed by atoms with Crippen LogP contribution in [-0.2, 0) is 16.0 Å². The van der Waals surface area contributed by atoms with Crippen LogP contribution in [0, 0.1) is 11.2 Å². The highest BCUT2D eigenvalue weighted by atomic mass is 19.1. The second kappa shape index (κ2) is 7.58. The Labute approximate surface area is 153 Å². The summed E-state index contributed by atoms with van der Waals surface area (Å²) in [7, 11) is 0. The molecule has 0 radical (unpaired) electrons. The predicted octanol–water partition coefficient (Wildman–Crippen LogP) is 3.74. The van der Waals surface area contributed by atoms with Crippen LogP contribution in [0.1, 0.15) is 50.5 Å². The van der Waals surface area contributed by atoms with Crippen LogP contribution in [0.3, 0.4) is 0 Å². The summed E-state index contributed by atoms with van der Waals surface area (Å²) in [5, 5.41) is 0. The molecule has 3 rings (SSSR count). The first-order chi connectivity index (χ1) is 12.3. The molecule has 2 aromatic rings. The largest absolute Gasteiger partial charge is 0.442 e. The van der Waals surface area contributed by atoms with Gasteiger partial charge in [-0.05, 0) is 23.1 Å². The Kier molecular flexibility index (Phi) is 5.41.